The molecule has 0 saturated heterocycles. The predicted octanol–water partition coefficient (Wildman–Crippen LogP) is 9.29. The Balaban J connectivity index is 1.29. The van der Waals surface area contributed by atoms with Crippen LogP contribution >= 0.6 is 22.6 Å². The summed E-state index contributed by atoms with van der Waals surface area (Å²) in [5, 5.41) is 0. The van der Waals surface area contributed by atoms with Gasteiger partial charge in [-0.05, 0) is 67.9 Å². The molecule has 44 heavy (non-hydrogen) atoms. The first kappa shape index (κ1) is 26.7. The molecule has 5 aromatic carbocycles. The Morgan fingerprint density at radius 2 is 1.07 bits per heavy atom. The average molecular weight is 683 g/mol. The van der Waals surface area contributed by atoms with E-state index < -0.39 is 0 Å². The zero-order valence-corrected chi connectivity index (χ0v) is 26.3. The second kappa shape index (κ2) is 10.4. The fourth-order valence-corrected chi connectivity index (χ4v) is 6.06. The molecule has 0 amide bonds. The number of alkyl halides is 1. The van der Waals surface area contributed by atoms with Gasteiger partial charge in [-0.1, -0.05) is 101 Å². The number of aromatic nitrogens is 6. The Morgan fingerprint density at radius 3 is 1.66 bits per heavy atom. The van der Waals surface area contributed by atoms with Crippen molar-refractivity contribution >= 4 is 50.4 Å². The van der Waals surface area contributed by atoms with Crippen LogP contribution in [0.3, 0.4) is 0 Å². The third-order valence-corrected chi connectivity index (χ3v) is 8.59. The molecule has 0 aliphatic heterocycles. The molecule has 0 unspecified atom stereocenters. The van der Waals surface area contributed by atoms with E-state index in [1.54, 1.807) is 0 Å². The topological polar surface area (TPSA) is 60.9 Å². The van der Waals surface area contributed by atoms with Gasteiger partial charge in [0.25, 0.3) is 0 Å². The van der Waals surface area contributed by atoms with Crippen molar-refractivity contribution in [2.75, 3.05) is 0 Å². The van der Waals surface area contributed by atoms with Gasteiger partial charge in [-0.25, -0.2) is 19.9 Å². The van der Waals surface area contributed by atoms with Crippen LogP contribution in [-0.4, -0.2) is 28.9 Å². The molecule has 0 spiro atoms. The molecule has 0 radical (unpaired) electrons. The lowest BCUT2D eigenvalue weighted by molar-refractivity contribution is 0.828. The van der Waals surface area contributed by atoms with Crippen LogP contribution in [0.15, 0.2) is 127 Å². The summed E-state index contributed by atoms with van der Waals surface area (Å²) in [5.74, 6) is 2.81. The van der Waals surface area contributed by atoms with Crippen molar-refractivity contribution < 1.29 is 0 Å². The zero-order valence-electron chi connectivity index (χ0n) is 24.2. The van der Waals surface area contributed by atoms with Crippen molar-refractivity contribution in [2.24, 2.45) is 0 Å². The fourth-order valence-electron chi connectivity index (χ4n) is 5.72. The van der Waals surface area contributed by atoms with Gasteiger partial charge in [-0.15, -0.1) is 0 Å². The van der Waals surface area contributed by atoms with Gasteiger partial charge in [0, 0.05) is 25.8 Å². The van der Waals surface area contributed by atoms with Crippen LogP contribution in [0.5, 0.6) is 0 Å². The van der Waals surface area contributed by atoms with E-state index in [2.05, 4.69) is 106 Å². The Hall–Kier alpha value is -4.89. The molecule has 0 saturated carbocycles. The van der Waals surface area contributed by atoms with E-state index >= 15 is 0 Å². The Kier molecular flexibility index (Phi) is 6.30. The highest BCUT2D eigenvalue weighted by Crippen LogP contribution is 2.36. The van der Waals surface area contributed by atoms with Gasteiger partial charge < -0.3 is 0 Å². The minimum Gasteiger partial charge on any atom is -0.278 e. The summed E-state index contributed by atoms with van der Waals surface area (Å²) in [7, 11) is 0. The monoisotopic (exact) mass is 682 g/mol. The van der Waals surface area contributed by atoms with E-state index in [1.807, 2.05) is 66.7 Å². The van der Waals surface area contributed by atoms with Crippen LogP contribution in [0.1, 0.15) is 19.4 Å². The lowest BCUT2D eigenvalue weighted by Crippen LogP contribution is -2.06. The second-order valence-electron chi connectivity index (χ2n) is 11.3. The van der Waals surface area contributed by atoms with Crippen molar-refractivity contribution in [1.82, 2.24) is 28.9 Å². The molecule has 0 atom stereocenters. The van der Waals surface area contributed by atoms with Crippen LogP contribution in [0.25, 0.3) is 67.7 Å². The number of hydrogen-bond acceptors (Lipinski definition) is 4. The van der Waals surface area contributed by atoms with Crippen LogP contribution in [0.2, 0.25) is 0 Å². The predicted molar refractivity (Wildman–Crippen MR) is 186 cm³/mol. The molecule has 3 heterocycles. The molecule has 8 rings (SSSR count). The number of imidazole rings is 2. The molecule has 0 N–H and O–H groups in total. The largest absolute Gasteiger partial charge is 0.278 e. The average Bonchev–Trinajstić information content (AvgIpc) is 3.59. The van der Waals surface area contributed by atoms with Crippen molar-refractivity contribution in [1.29, 1.82) is 0 Å². The molecular weight excluding hydrogens is 655 g/mol. The highest BCUT2D eigenvalue weighted by atomic mass is 127. The highest BCUT2D eigenvalue weighted by Gasteiger charge is 2.22. The molecule has 0 bridgehead atoms. The minimum atomic E-state index is 0.000152. The number of hydrogen-bond donors (Lipinski definition) is 0. The maximum Gasteiger partial charge on any atom is 0.220 e. The SMILES string of the molecule is CC(C)(I)c1ccc2c(c1)n1c3ccccc3nc1n2-c1ccc(-c2nc(-c3ccccc3)nc(-c3ccccc3)n2)cc1. The zero-order chi connectivity index (χ0) is 29.8. The standard InChI is InChI=1S/C37H27IN6/c1-37(2,38)27-19-22-31-32(23-27)44-30-16-10-9-15-29(30)39-36(44)43(31)28-20-17-26(18-21-28)35-41-33(24-11-5-3-6-12-24)40-34(42-35)25-13-7-4-8-14-25/h3-23H,1-2H3. The van der Waals surface area contributed by atoms with Crippen molar-refractivity contribution in [3.8, 4) is 39.9 Å². The third kappa shape index (κ3) is 4.55. The summed E-state index contributed by atoms with van der Waals surface area (Å²) in [6, 6.07) is 43.6. The first-order valence-electron chi connectivity index (χ1n) is 14.5. The molecule has 0 aliphatic rings. The van der Waals surface area contributed by atoms with Crippen LogP contribution < -0.4 is 0 Å². The minimum absolute atomic E-state index is 0.000152. The van der Waals surface area contributed by atoms with Gasteiger partial charge in [0.1, 0.15) is 0 Å². The highest BCUT2D eigenvalue weighted by molar-refractivity contribution is 14.1. The van der Waals surface area contributed by atoms with Crippen LogP contribution in [-0.2, 0) is 3.42 Å². The summed E-state index contributed by atoms with van der Waals surface area (Å²) in [6.07, 6.45) is 0. The summed E-state index contributed by atoms with van der Waals surface area (Å²) in [5.41, 5.74) is 9.42. The Labute approximate surface area is 268 Å². The molecule has 0 aliphatic carbocycles. The smallest absolute Gasteiger partial charge is 0.220 e. The van der Waals surface area contributed by atoms with Crippen LogP contribution in [0, 0.1) is 0 Å². The van der Waals surface area contributed by atoms with Crippen molar-refractivity contribution in [2.45, 2.75) is 17.3 Å². The van der Waals surface area contributed by atoms with Crippen LogP contribution in [0.4, 0.5) is 0 Å². The normalized spacial score (nSPS) is 12.0. The van der Waals surface area contributed by atoms with E-state index in [-0.39, 0.29) is 3.42 Å². The van der Waals surface area contributed by atoms with Gasteiger partial charge in [0.15, 0.2) is 17.5 Å². The summed E-state index contributed by atoms with van der Waals surface area (Å²) < 4.78 is 4.51. The second-order valence-corrected chi connectivity index (χ2v) is 14.0. The van der Waals surface area contributed by atoms with E-state index in [0.29, 0.717) is 17.5 Å². The third-order valence-electron chi connectivity index (χ3n) is 7.97. The number of benzene rings is 5. The lowest BCUT2D eigenvalue weighted by Gasteiger charge is -2.17. The first-order chi connectivity index (χ1) is 21.4. The number of fused-ring (bicyclic) bond motifs is 5. The van der Waals surface area contributed by atoms with E-state index in [4.69, 9.17) is 19.9 Å². The summed E-state index contributed by atoms with van der Waals surface area (Å²) in [6.45, 7) is 4.47. The van der Waals surface area contributed by atoms with Gasteiger partial charge in [-0.2, -0.15) is 0 Å². The molecule has 6 nitrogen and oxygen atoms in total. The van der Waals surface area contributed by atoms with Crippen molar-refractivity contribution in [3.63, 3.8) is 0 Å². The van der Waals surface area contributed by atoms with Gasteiger partial charge >= 0.3 is 0 Å². The molecule has 0 fully saturated rings. The van der Waals surface area contributed by atoms with Crippen molar-refractivity contribution in [3.05, 3.63) is 133 Å². The number of rotatable bonds is 5. The number of para-hydroxylation sites is 2. The maximum atomic E-state index is 5.08. The van der Waals surface area contributed by atoms with Gasteiger partial charge in [0.2, 0.25) is 5.78 Å². The Bertz CT molecular complexity index is 2240. The number of nitrogens with zero attached hydrogens (tertiary/aromatic N) is 6. The first-order valence-corrected chi connectivity index (χ1v) is 15.6. The fraction of sp³-hybridized carbons (Fsp3) is 0.0811. The maximum absolute atomic E-state index is 5.08. The van der Waals surface area contributed by atoms with Gasteiger partial charge in [-0.3, -0.25) is 8.97 Å². The lowest BCUT2D eigenvalue weighted by atomic mass is 10.0. The Morgan fingerprint density at radius 1 is 0.523 bits per heavy atom. The van der Waals surface area contributed by atoms with E-state index in [1.165, 1.54) is 5.56 Å². The summed E-state index contributed by atoms with van der Waals surface area (Å²) >= 11 is 2.51. The number of halogens is 1. The molecule has 8 aromatic rings. The van der Waals surface area contributed by atoms with E-state index in [9.17, 15) is 0 Å². The molecule has 7 heteroatoms. The molecular formula is C37H27IN6. The van der Waals surface area contributed by atoms with E-state index in [0.717, 1.165) is 50.2 Å². The quantitative estimate of drug-likeness (QED) is 0.134. The van der Waals surface area contributed by atoms with Gasteiger partial charge in [0.05, 0.1) is 22.1 Å². The molecule has 3 aromatic heterocycles. The molecule has 212 valence electrons. The summed E-state index contributed by atoms with van der Waals surface area (Å²) in [4.78, 5) is 19.7.